The standard InChI is InChI=1S/C10H11N3O2/c1-6(11)8-4-7-2-3-13(10(14)15)9(7)5-12-8/h2-6H,11H2,1H3,(H,14,15). The molecule has 0 fully saturated rings. The number of carboxylic acid groups (broad SMARTS) is 1. The number of hydrogen-bond donors (Lipinski definition) is 2. The SMILES string of the molecule is CC(N)c1cc2ccn(C(=O)O)c2cn1. The first kappa shape index (κ1) is 9.67. The molecule has 2 heterocycles. The molecule has 2 rings (SSSR count). The molecule has 15 heavy (non-hydrogen) atoms. The Morgan fingerprint density at radius 1 is 1.67 bits per heavy atom. The van der Waals surface area contributed by atoms with Gasteiger partial charge in [-0.25, -0.2) is 4.79 Å². The molecule has 1 unspecified atom stereocenters. The Bertz CT molecular complexity index is 516. The summed E-state index contributed by atoms with van der Waals surface area (Å²) in [6, 6.07) is 3.39. The number of pyridine rings is 1. The second kappa shape index (κ2) is 3.36. The number of aromatic nitrogens is 2. The molecule has 0 aliphatic heterocycles. The van der Waals surface area contributed by atoms with Crippen LogP contribution in [0, 0.1) is 0 Å². The van der Waals surface area contributed by atoms with Crippen molar-refractivity contribution in [1.29, 1.82) is 0 Å². The van der Waals surface area contributed by atoms with E-state index in [1.165, 1.54) is 12.4 Å². The summed E-state index contributed by atoms with van der Waals surface area (Å²) < 4.78 is 1.13. The molecule has 0 spiro atoms. The van der Waals surface area contributed by atoms with Crippen molar-refractivity contribution >= 4 is 17.0 Å². The van der Waals surface area contributed by atoms with E-state index in [9.17, 15) is 4.79 Å². The summed E-state index contributed by atoms with van der Waals surface area (Å²) >= 11 is 0. The molecule has 5 heteroatoms. The van der Waals surface area contributed by atoms with Crippen LogP contribution >= 0.6 is 0 Å². The molecule has 0 aliphatic rings. The van der Waals surface area contributed by atoms with Gasteiger partial charge in [-0.15, -0.1) is 0 Å². The van der Waals surface area contributed by atoms with Gasteiger partial charge >= 0.3 is 6.09 Å². The molecule has 78 valence electrons. The molecular formula is C10H11N3O2. The van der Waals surface area contributed by atoms with Gasteiger partial charge in [-0.3, -0.25) is 9.55 Å². The maximum Gasteiger partial charge on any atom is 0.416 e. The molecule has 0 aromatic carbocycles. The van der Waals surface area contributed by atoms with Gasteiger partial charge in [0.05, 0.1) is 17.4 Å². The molecule has 2 aromatic heterocycles. The van der Waals surface area contributed by atoms with Crippen molar-refractivity contribution in [2.45, 2.75) is 13.0 Å². The second-order valence-electron chi connectivity index (χ2n) is 3.42. The predicted octanol–water partition coefficient (Wildman–Crippen LogP) is 1.58. The van der Waals surface area contributed by atoms with Gasteiger partial charge in [-0.1, -0.05) is 0 Å². The van der Waals surface area contributed by atoms with Gasteiger partial charge in [0.2, 0.25) is 0 Å². The fourth-order valence-electron chi connectivity index (χ4n) is 1.47. The number of rotatable bonds is 1. The summed E-state index contributed by atoms with van der Waals surface area (Å²) in [5.74, 6) is 0. The highest BCUT2D eigenvalue weighted by molar-refractivity contribution is 5.88. The lowest BCUT2D eigenvalue weighted by molar-refractivity contribution is 0.197. The molecule has 0 radical (unpaired) electrons. The first-order valence-corrected chi connectivity index (χ1v) is 4.55. The summed E-state index contributed by atoms with van der Waals surface area (Å²) in [5, 5.41) is 9.69. The molecule has 0 saturated carbocycles. The van der Waals surface area contributed by atoms with Crippen molar-refractivity contribution in [2.75, 3.05) is 0 Å². The number of nitrogens with zero attached hydrogens (tertiary/aromatic N) is 2. The van der Waals surface area contributed by atoms with E-state index in [1.54, 1.807) is 12.1 Å². The fourth-order valence-corrected chi connectivity index (χ4v) is 1.47. The van der Waals surface area contributed by atoms with Crippen molar-refractivity contribution in [2.24, 2.45) is 5.73 Å². The van der Waals surface area contributed by atoms with E-state index in [0.29, 0.717) is 5.52 Å². The first-order chi connectivity index (χ1) is 7.09. The first-order valence-electron chi connectivity index (χ1n) is 4.55. The quantitative estimate of drug-likeness (QED) is 0.740. The van der Waals surface area contributed by atoms with Gasteiger partial charge in [0.1, 0.15) is 0 Å². The maximum atomic E-state index is 10.8. The van der Waals surface area contributed by atoms with E-state index in [4.69, 9.17) is 10.8 Å². The van der Waals surface area contributed by atoms with Gasteiger partial charge in [0.15, 0.2) is 0 Å². The van der Waals surface area contributed by atoms with E-state index in [-0.39, 0.29) is 6.04 Å². The van der Waals surface area contributed by atoms with Crippen LogP contribution in [0.3, 0.4) is 0 Å². The lowest BCUT2D eigenvalue weighted by Crippen LogP contribution is -2.08. The van der Waals surface area contributed by atoms with Crippen LogP contribution in [0.25, 0.3) is 10.9 Å². The van der Waals surface area contributed by atoms with Crippen LogP contribution in [-0.4, -0.2) is 20.8 Å². The van der Waals surface area contributed by atoms with Crippen LogP contribution < -0.4 is 5.73 Å². The van der Waals surface area contributed by atoms with Crippen molar-refractivity contribution < 1.29 is 9.90 Å². The largest absolute Gasteiger partial charge is 0.464 e. The highest BCUT2D eigenvalue weighted by Gasteiger charge is 2.09. The summed E-state index contributed by atoms with van der Waals surface area (Å²) in [4.78, 5) is 14.9. The Hall–Kier alpha value is -1.88. The zero-order chi connectivity index (χ0) is 11.0. The molecule has 0 bridgehead atoms. The third kappa shape index (κ3) is 1.57. The maximum absolute atomic E-state index is 10.8. The van der Waals surface area contributed by atoms with Crippen molar-refractivity contribution in [3.63, 3.8) is 0 Å². The number of fused-ring (bicyclic) bond motifs is 1. The Kier molecular flexibility index (Phi) is 2.17. The minimum atomic E-state index is -1.01. The average Bonchev–Trinajstić information content (AvgIpc) is 2.59. The van der Waals surface area contributed by atoms with Gasteiger partial charge in [0.25, 0.3) is 0 Å². The average molecular weight is 205 g/mol. The Morgan fingerprint density at radius 3 is 3.00 bits per heavy atom. The molecule has 1 atom stereocenters. The van der Waals surface area contributed by atoms with Crippen LogP contribution in [0.15, 0.2) is 24.5 Å². The molecule has 0 saturated heterocycles. The van der Waals surface area contributed by atoms with E-state index in [0.717, 1.165) is 15.6 Å². The third-order valence-electron chi connectivity index (χ3n) is 2.27. The van der Waals surface area contributed by atoms with E-state index < -0.39 is 6.09 Å². The fraction of sp³-hybridized carbons (Fsp3) is 0.200. The lowest BCUT2D eigenvalue weighted by Gasteiger charge is -2.04. The van der Waals surface area contributed by atoms with E-state index >= 15 is 0 Å². The monoisotopic (exact) mass is 205 g/mol. The highest BCUT2D eigenvalue weighted by Crippen LogP contribution is 2.17. The summed E-state index contributed by atoms with van der Waals surface area (Å²) in [6.07, 6.45) is 2.02. The molecule has 5 nitrogen and oxygen atoms in total. The Morgan fingerprint density at radius 2 is 2.40 bits per heavy atom. The minimum Gasteiger partial charge on any atom is -0.464 e. The van der Waals surface area contributed by atoms with Crippen LogP contribution in [0.4, 0.5) is 4.79 Å². The van der Waals surface area contributed by atoms with Gasteiger partial charge in [-0.2, -0.15) is 0 Å². The van der Waals surface area contributed by atoms with E-state index in [2.05, 4.69) is 4.98 Å². The van der Waals surface area contributed by atoms with Crippen molar-refractivity contribution in [1.82, 2.24) is 9.55 Å². The smallest absolute Gasteiger partial charge is 0.416 e. The molecule has 3 N–H and O–H groups in total. The minimum absolute atomic E-state index is 0.150. The normalized spacial score (nSPS) is 12.9. The molecule has 0 aliphatic carbocycles. The predicted molar refractivity (Wildman–Crippen MR) is 55.8 cm³/mol. The third-order valence-corrected chi connectivity index (χ3v) is 2.27. The summed E-state index contributed by atoms with van der Waals surface area (Å²) in [5.41, 5.74) is 7.02. The molecule has 0 amide bonds. The van der Waals surface area contributed by atoms with Crippen LogP contribution in [-0.2, 0) is 0 Å². The lowest BCUT2D eigenvalue weighted by atomic mass is 10.2. The Labute approximate surface area is 86.1 Å². The summed E-state index contributed by atoms with van der Waals surface area (Å²) in [6.45, 7) is 1.84. The molecular weight excluding hydrogens is 194 g/mol. The zero-order valence-electron chi connectivity index (χ0n) is 8.21. The summed E-state index contributed by atoms with van der Waals surface area (Å²) in [7, 11) is 0. The molecule has 2 aromatic rings. The number of carbonyl (C=O) groups is 1. The van der Waals surface area contributed by atoms with Crippen molar-refractivity contribution in [3.05, 3.63) is 30.2 Å². The zero-order valence-corrected chi connectivity index (χ0v) is 8.21. The van der Waals surface area contributed by atoms with Crippen molar-refractivity contribution in [3.8, 4) is 0 Å². The van der Waals surface area contributed by atoms with Gasteiger partial charge in [0, 0.05) is 17.6 Å². The highest BCUT2D eigenvalue weighted by atomic mass is 16.4. The topological polar surface area (TPSA) is 81.1 Å². The van der Waals surface area contributed by atoms with Gasteiger partial charge < -0.3 is 10.8 Å². The van der Waals surface area contributed by atoms with Gasteiger partial charge in [-0.05, 0) is 19.1 Å². The Balaban J connectivity index is 2.61. The number of hydrogen-bond acceptors (Lipinski definition) is 3. The van der Waals surface area contributed by atoms with Crippen LogP contribution in [0.2, 0.25) is 0 Å². The number of nitrogens with two attached hydrogens (primary N) is 1. The second-order valence-corrected chi connectivity index (χ2v) is 3.42. The van der Waals surface area contributed by atoms with E-state index in [1.807, 2.05) is 6.92 Å². The van der Waals surface area contributed by atoms with Crippen LogP contribution in [0.1, 0.15) is 18.7 Å². The van der Waals surface area contributed by atoms with Crippen LogP contribution in [0.5, 0.6) is 0 Å².